The average molecular weight is 512 g/mol. The first-order valence-electron chi connectivity index (χ1n) is 12.1. The van der Waals surface area contributed by atoms with E-state index in [4.69, 9.17) is 9.29 Å². The van der Waals surface area contributed by atoms with Crippen LogP contribution < -0.4 is 5.32 Å². The van der Waals surface area contributed by atoms with Crippen LogP contribution in [-0.2, 0) is 27.9 Å². The molecule has 0 fully saturated rings. The van der Waals surface area contributed by atoms with Gasteiger partial charge in [0.1, 0.15) is 5.75 Å². The fraction of sp³-hybridized carbons (Fsp3) is 0.538. The minimum atomic E-state index is -3.67. The second kappa shape index (κ2) is 18.3. The fourth-order valence-corrected chi connectivity index (χ4v) is 3.38. The Morgan fingerprint density at radius 2 is 1.57 bits per heavy atom. The molecule has 35 heavy (non-hydrogen) atoms. The number of rotatable bonds is 16. The van der Waals surface area contributed by atoms with Crippen LogP contribution in [0.1, 0.15) is 61.3 Å². The van der Waals surface area contributed by atoms with Crippen molar-refractivity contribution in [2.45, 2.75) is 57.7 Å². The summed E-state index contributed by atoms with van der Waals surface area (Å²) in [6.45, 7) is 2.77. The van der Waals surface area contributed by atoms with Gasteiger partial charge in [-0.25, -0.2) is 0 Å². The van der Waals surface area contributed by atoms with E-state index in [0.29, 0.717) is 23.9 Å². The third-order valence-corrected chi connectivity index (χ3v) is 5.24. The predicted octanol–water partition coefficient (Wildman–Crippen LogP) is 3.61. The molecule has 5 N–H and O–H groups in total. The Morgan fingerprint density at radius 3 is 2.23 bits per heavy atom. The lowest BCUT2D eigenvalue weighted by Gasteiger charge is -2.14. The minimum absolute atomic E-state index is 0.0533. The lowest BCUT2D eigenvalue weighted by molar-refractivity contribution is 0.126. The molecular formula is C26H41NO7S. The van der Waals surface area contributed by atoms with Gasteiger partial charge in [0.25, 0.3) is 10.1 Å². The molecule has 0 amide bonds. The van der Waals surface area contributed by atoms with E-state index in [1.54, 1.807) is 12.1 Å². The van der Waals surface area contributed by atoms with E-state index < -0.39 is 16.2 Å². The smallest absolute Gasteiger partial charge is 0.261 e. The van der Waals surface area contributed by atoms with Crippen molar-refractivity contribution in [1.82, 2.24) is 5.32 Å². The van der Waals surface area contributed by atoms with Gasteiger partial charge < -0.3 is 25.4 Å². The molecule has 0 aliphatic carbocycles. The summed E-state index contributed by atoms with van der Waals surface area (Å²) in [6, 6.07) is 15.4. The van der Waals surface area contributed by atoms with Gasteiger partial charge in [0.15, 0.2) is 0 Å². The van der Waals surface area contributed by atoms with E-state index in [-0.39, 0.29) is 12.4 Å². The van der Waals surface area contributed by atoms with Gasteiger partial charge in [-0.3, -0.25) is 4.55 Å². The quantitative estimate of drug-likeness (QED) is 0.170. The molecule has 0 aromatic heterocycles. The molecular weight excluding hydrogens is 470 g/mol. The number of hydrogen-bond donors (Lipinski definition) is 5. The second-order valence-electron chi connectivity index (χ2n) is 8.47. The van der Waals surface area contributed by atoms with Gasteiger partial charge in [-0.1, -0.05) is 49.2 Å². The van der Waals surface area contributed by atoms with Gasteiger partial charge in [0.2, 0.25) is 0 Å². The SMILES string of the molecule is CS(=O)(=O)O.OCc1cc(C(O)CNCCCCCCOCCCCc2ccccc2)ccc1O. The van der Waals surface area contributed by atoms with Crippen molar-refractivity contribution in [2.24, 2.45) is 0 Å². The molecule has 0 bridgehead atoms. The molecule has 0 aliphatic heterocycles. The maximum Gasteiger partial charge on any atom is 0.261 e. The Balaban J connectivity index is 0.00000111. The van der Waals surface area contributed by atoms with Crippen molar-refractivity contribution >= 4 is 10.1 Å². The molecule has 2 aromatic rings. The molecule has 2 aromatic carbocycles. The zero-order valence-corrected chi connectivity index (χ0v) is 21.4. The average Bonchev–Trinajstić information content (AvgIpc) is 2.81. The van der Waals surface area contributed by atoms with Crippen molar-refractivity contribution in [1.29, 1.82) is 0 Å². The van der Waals surface area contributed by atoms with E-state index in [1.807, 2.05) is 0 Å². The van der Waals surface area contributed by atoms with Crippen molar-refractivity contribution in [3.8, 4) is 5.75 Å². The number of hydrogen-bond acceptors (Lipinski definition) is 7. The first kappa shape index (κ1) is 31.0. The molecule has 8 nitrogen and oxygen atoms in total. The number of aliphatic hydroxyl groups is 2. The third-order valence-electron chi connectivity index (χ3n) is 5.24. The van der Waals surface area contributed by atoms with Crippen LogP contribution in [0.25, 0.3) is 0 Å². The Hall–Kier alpha value is -2.01. The maximum absolute atomic E-state index is 10.2. The molecule has 1 atom stereocenters. The van der Waals surface area contributed by atoms with E-state index >= 15 is 0 Å². The monoisotopic (exact) mass is 511 g/mol. The Morgan fingerprint density at radius 1 is 0.943 bits per heavy atom. The standard InChI is InChI=1S/C25H37NO4.CH4O3S/c27-20-23-18-22(13-14-24(23)28)25(29)19-26-15-7-1-2-8-16-30-17-9-6-12-21-10-4-3-5-11-21;1-5(2,3)4/h3-5,10-11,13-14,18,25-29H,1-2,6-9,12,15-17,19-20H2;1H3,(H,2,3,4). The summed E-state index contributed by atoms with van der Waals surface area (Å²) in [5, 5.41) is 32.3. The lowest BCUT2D eigenvalue weighted by Crippen LogP contribution is -2.22. The highest BCUT2D eigenvalue weighted by molar-refractivity contribution is 7.85. The molecule has 0 saturated carbocycles. The van der Waals surface area contributed by atoms with Gasteiger partial charge in [0.05, 0.1) is 19.0 Å². The first-order valence-corrected chi connectivity index (χ1v) is 13.9. The van der Waals surface area contributed by atoms with Crippen molar-refractivity contribution in [3.63, 3.8) is 0 Å². The van der Waals surface area contributed by atoms with Crippen LogP contribution in [0.5, 0.6) is 5.75 Å². The van der Waals surface area contributed by atoms with E-state index in [9.17, 15) is 23.7 Å². The Bertz CT molecular complexity index is 899. The van der Waals surface area contributed by atoms with Crippen molar-refractivity contribution in [3.05, 3.63) is 65.2 Å². The van der Waals surface area contributed by atoms with Crippen LogP contribution >= 0.6 is 0 Å². The van der Waals surface area contributed by atoms with Crippen LogP contribution in [0.2, 0.25) is 0 Å². The van der Waals surface area contributed by atoms with Crippen LogP contribution in [-0.4, -0.2) is 60.8 Å². The summed E-state index contributed by atoms with van der Waals surface area (Å²) in [5.41, 5.74) is 2.53. The minimum Gasteiger partial charge on any atom is -0.508 e. The molecule has 0 radical (unpaired) electrons. The van der Waals surface area contributed by atoms with Crippen molar-refractivity contribution < 1.29 is 33.0 Å². The number of aliphatic hydroxyl groups excluding tert-OH is 2. The number of aryl methyl sites for hydroxylation is 1. The molecule has 0 saturated heterocycles. The second-order valence-corrected chi connectivity index (χ2v) is 9.93. The van der Waals surface area contributed by atoms with Gasteiger partial charge in [0, 0.05) is 25.3 Å². The first-order chi connectivity index (χ1) is 16.7. The van der Waals surface area contributed by atoms with Gasteiger partial charge in [-0.2, -0.15) is 8.42 Å². The molecule has 0 aliphatic rings. The summed E-state index contributed by atoms with van der Waals surface area (Å²) in [6.07, 6.45) is 7.95. The van der Waals surface area contributed by atoms with Gasteiger partial charge in [-0.05, 0) is 61.9 Å². The zero-order valence-electron chi connectivity index (χ0n) is 20.6. The van der Waals surface area contributed by atoms with Gasteiger partial charge >= 0.3 is 0 Å². The zero-order chi connectivity index (χ0) is 25.9. The van der Waals surface area contributed by atoms with Crippen LogP contribution in [0.3, 0.4) is 0 Å². The molecule has 9 heteroatoms. The number of ether oxygens (including phenoxy) is 1. The third kappa shape index (κ3) is 17.1. The predicted molar refractivity (Wildman–Crippen MR) is 138 cm³/mol. The topological polar surface area (TPSA) is 136 Å². The largest absolute Gasteiger partial charge is 0.508 e. The molecule has 0 heterocycles. The van der Waals surface area contributed by atoms with Crippen LogP contribution in [0.4, 0.5) is 0 Å². The highest BCUT2D eigenvalue weighted by Gasteiger charge is 2.09. The number of benzene rings is 2. The maximum atomic E-state index is 10.2. The summed E-state index contributed by atoms with van der Waals surface area (Å²) in [5.74, 6) is 0.0533. The van der Waals surface area contributed by atoms with Gasteiger partial charge in [-0.15, -0.1) is 0 Å². The highest BCUT2D eigenvalue weighted by Crippen LogP contribution is 2.22. The Labute approximate surface area is 209 Å². The molecule has 2 rings (SSSR count). The Kier molecular flexibility index (Phi) is 16.2. The van der Waals surface area contributed by atoms with Crippen molar-refractivity contribution in [2.75, 3.05) is 32.6 Å². The van der Waals surface area contributed by atoms with E-state index in [0.717, 1.165) is 58.3 Å². The van der Waals surface area contributed by atoms with E-state index in [2.05, 4.69) is 35.6 Å². The number of phenols is 1. The molecule has 0 spiro atoms. The highest BCUT2D eigenvalue weighted by atomic mass is 32.2. The lowest BCUT2D eigenvalue weighted by atomic mass is 10.1. The van der Waals surface area contributed by atoms with E-state index in [1.165, 1.54) is 18.1 Å². The summed E-state index contributed by atoms with van der Waals surface area (Å²) in [7, 11) is -3.67. The van der Waals surface area contributed by atoms with Crippen LogP contribution in [0, 0.1) is 0 Å². The number of unbranched alkanes of at least 4 members (excludes halogenated alkanes) is 4. The normalized spacial score (nSPS) is 12.1. The summed E-state index contributed by atoms with van der Waals surface area (Å²) < 4.78 is 31.6. The fourth-order valence-electron chi connectivity index (χ4n) is 3.38. The molecule has 198 valence electrons. The number of aromatic hydroxyl groups is 1. The summed E-state index contributed by atoms with van der Waals surface area (Å²) >= 11 is 0. The summed E-state index contributed by atoms with van der Waals surface area (Å²) in [4.78, 5) is 0. The number of nitrogens with one attached hydrogen (secondary N) is 1. The molecule has 1 unspecified atom stereocenters. The van der Waals surface area contributed by atoms with Crippen LogP contribution in [0.15, 0.2) is 48.5 Å².